The van der Waals surface area contributed by atoms with E-state index in [4.69, 9.17) is 17.6 Å². The van der Waals surface area contributed by atoms with Crippen LogP contribution < -0.4 is 11.1 Å². The average molecular weight is 449 g/mol. The standard InChI is InChI=1S/C22H42ClN3O4/c1-5-6-7-8-9-10-11-12-13-14-16-22(21(29)30-23,17-15-19(24)27)25-20(28)18-26(2,3)4/h5-18H2,1-4H3,(H2-,24,25,27,28)/p+1/t22-/m1/s1. The third-order valence-electron chi connectivity index (χ3n) is 5.21. The molecule has 0 fully saturated rings. The topological polar surface area (TPSA) is 98.5 Å². The molecule has 0 rings (SSSR count). The van der Waals surface area contributed by atoms with Crippen LogP contribution >= 0.6 is 11.9 Å². The van der Waals surface area contributed by atoms with Gasteiger partial charge in [0.05, 0.1) is 21.1 Å². The predicted molar refractivity (Wildman–Crippen MR) is 121 cm³/mol. The molecule has 0 saturated carbocycles. The van der Waals surface area contributed by atoms with Gasteiger partial charge in [-0.15, -0.1) is 0 Å². The molecule has 0 heterocycles. The highest BCUT2D eigenvalue weighted by atomic mass is 35.5. The summed E-state index contributed by atoms with van der Waals surface area (Å²) < 4.78 is 4.89. The number of nitrogens with two attached hydrogens (primary N) is 1. The number of carbonyl (C=O) groups excluding carboxylic acids is 3. The van der Waals surface area contributed by atoms with E-state index >= 15 is 0 Å². The number of hydrogen-bond acceptors (Lipinski definition) is 4. The highest BCUT2D eigenvalue weighted by molar-refractivity contribution is 6.14. The second-order valence-electron chi connectivity index (χ2n) is 9.34. The number of primary amides is 1. The summed E-state index contributed by atoms with van der Waals surface area (Å²) in [6, 6.07) is 0. The van der Waals surface area contributed by atoms with Crippen molar-refractivity contribution in [1.29, 1.82) is 0 Å². The smallest absolute Gasteiger partial charge is 0.350 e. The number of halogens is 1. The Morgan fingerprint density at radius 1 is 0.900 bits per heavy atom. The van der Waals surface area contributed by atoms with E-state index in [2.05, 4.69) is 16.5 Å². The maximum Gasteiger partial charge on any atom is 0.350 e. The zero-order valence-electron chi connectivity index (χ0n) is 19.4. The van der Waals surface area contributed by atoms with Crippen molar-refractivity contribution in [2.45, 2.75) is 95.9 Å². The molecule has 0 aromatic carbocycles. The Hall–Kier alpha value is -1.34. The molecule has 7 nitrogen and oxygen atoms in total. The predicted octanol–water partition coefficient (Wildman–Crippen LogP) is 3.82. The molecule has 1 atom stereocenters. The summed E-state index contributed by atoms with van der Waals surface area (Å²) in [7, 11) is 5.65. The fourth-order valence-electron chi connectivity index (χ4n) is 3.57. The number of nitrogens with zero attached hydrogens (tertiary/aromatic N) is 1. The van der Waals surface area contributed by atoms with Crippen LogP contribution in [0.4, 0.5) is 0 Å². The van der Waals surface area contributed by atoms with Crippen molar-refractivity contribution in [3.8, 4) is 0 Å². The van der Waals surface area contributed by atoms with Gasteiger partial charge in [0, 0.05) is 6.42 Å². The maximum atomic E-state index is 12.5. The molecule has 0 radical (unpaired) electrons. The molecule has 0 aromatic rings. The lowest BCUT2D eigenvalue weighted by atomic mass is 9.86. The second-order valence-corrected chi connectivity index (χ2v) is 9.50. The lowest BCUT2D eigenvalue weighted by Gasteiger charge is -2.32. The van der Waals surface area contributed by atoms with Gasteiger partial charge in [0.15, 0.2) is 6.54 Å². The van der Waals surface area contributed by atoms with Gasteiger partial charge < -0.3 is 19.8 Å². The summed E-state index contributed by atoms with van der Waals surface area (Å²) in [5.74, 6) is -1.57. The Morgan fingerprint density at radius 3 is 1.83 bits per heavy atom. The number of hydrogen-bond donors (Lipinski definition) is 2. The number of unbranched alkanes of at least 4 members (excludes halogenated alkanes) is 9. The van der Waals surface area contributed by atoms with Crippen molar-refractivity contribution < 1.29 is 23.2 Å². The number of quaternary nitrogens is 1. The van der Waals surface area contributed by atoms with E-state index < -0.39 is 17.4 Å². The van der Waals surface area contributed by atoms with E-state index in [1.54, 1.807) is 0 Å². The minimum atomic E-state index is -1.33. The third-order valence-corrected chi connectivity index (χ3v) is 5.35. The molecule has 0 saturated heterocycles. The molecule has 0 aliphatic heterocycles. The largest absolute Gasteiger partial charge is 0.370 e. The highest BCUT2D eigenvalue weighted by Crippen LogP contribution is 2.25. The van der Waals surface area contributed by atoms with Crippen LogP contribution in [0.15, 0.2) is 0 Å². The van der Waals surface area contributed by atoms with Crippen molar-refractivity contribution in [2.75, 3.05) is 27.7 Å². The highest BCUT2D eigenvalue weighted by Gasteiger charge is 2.42. The molecule has 0 spiro atoms. The number of carbonyl (C=O) groups is 3. The van der Waals surface area contributed by atoms with Crippen molar-refractivity contribution in [3.63, 3.8) is 0 Å². The quantitative estimate of drug-likeness (QED) is 0.246. The first-order chi connectivity index (χ1) is 14.1. The van der Waals surface area contributed by atoms with Gasteiger partial charge in [-0.1, -0.05) is 71.1 Å². The minimum Gasteiger partial charge on any atom is -0.370 e. The van der Waals surface area contributed by atoms with Crippen molar-refractivity contribution in [2.24, 2.45) is 5.73 Å². The zero-order chi connectivity index (χ0) is 23.0. The lowest BCUT2D eigenvalue weighted by molar-refractivity contribution is -0.862. The third kappa shape index (κ3) is 13.8. The average Bonchev–Trinajstić information content (AvgIpc) is 2.65. The van der Waals surface area contributed by atoms with Crippen LogP contribution in [0.3, 0.4) is 0 Å². The molecule has 0 aromatic heterocycles. The molecular weight excluding hydrogens is 406 g/mol. The van der Waals surface area contributed by atoms with Crippen LogP contribution in [0, 0.1) is 0 Å². The fraction of sp³-hybridized carbons (Fsp3) is 0.864. The summed E-state index contributed by atoms with van der Waals surface area (Å²) in [6.07, 6.45) is 12.0. The molecule has 8 heteroatoms. The Morgan fingerprint density at radius 2 is 1.40 bits per heavy atom. The van der Waals surface area contributed by atoms with Gasteiger partial charge in [0.25, 0.3) is 5.91 Å². The van der Waals surface area contributed by atoms with E-state index in [0.29, 0.717) is 10.9 Å². The fourth-order valence-corrected chi connectivity index (χ4v) is 3.71. The van der Waals surface area contributed by atoms with E-state index in [0.717, 1.165) is 25.7 Å². The van der Waals surface area contributed by atoms with Crippen LogP contribution in [0.5, 0.6) is 0 Å². The van der Waals surface area contributed by atoms with Gasteiger partial charge in [-0.05, 0) is 12.8 Å². The number of nitrogens with one attached hydrogen (secondary N) is 1. The van der Waals surface area contributed by atoms with Gasteiger partial charge in [-0.2, -0.15) is 0 Å². The molecule has 0 bridgehead atoms. The number of rotatable bonds is 18. The SMILES string of the molecule is CCCCCCCCCCCC[C@](CCC(N)=O)(NC(=O)C[N+](C)(C)C)C(=O)OCl. The van der Waals surface area contributed by atoms with Crippen molar-refractivity contribution >= 4 is 29.6 Å². The first-order valence-corrected chi connectivity index (χ1v) is 11.6. The second kappa shape index (κ2) is 15.5. The molecule has 0 aliphatic carbocycles. The molecule has 2 amide bonds. The lowest BCUT2D eigenvalue weighted by Crippen LogP contribution is -2.58. The van der Waals surface area contributed by atoms with Crippen LogP contribution in [-0.4, -0.2) is 55.5 Å². The summed E-state index contributed by atoms with van der Waals surface area (Å²) in [4.78, 5) is 36.4. The van der Waals surface area contributed by atoms with E-state index in [9.17, 15) is 14.4 Å². The van der Waals surface area contributed by atoms with E-state index in [1.807, 2.05) is 21.1 Å². The van der Waals surface area contributed by atoms with Gasteiger partial charge in [-0.25, -0.2) is 4.79 Å². The summed E-state index contributed by atoms with van der Waals surface area (Å²) >= 11 is 5.38. The van der Waals surface area contributed by atoms with Crippen molar-refractivity contribution in [3.05, 3.63) is 0 Å². The van der Waals surface area contributed by atoms with Crippen LogP contribution in [-0.2, 0) is 18.7 Å². The zero-order valence-corrected chi connectivity index (χ0v) is 20.2. The Kier molecular flexibility index (Phi) is 14.8. The Labute approximate surface area is 187 Å². The van der Waals surface area contributed by atoms with Gasteiger partial charge in [-0.3, -0.25) is 9.59 Å². The Bertz CT molecular complexity index is 523. The van der Waals surface area contributed by atoms with E-state index in [1.165, 1.54) is 38.5 Å². The molecule has 3 N–H and O–H groups in total. The first-order valence-electron chi connectivity index (χ1n) is 11.3. The first kappa shape index (κ1) is 28.7. The van der Waals surface area contributed by atoms with Gasteiger partial charge >= 0.3 is 5.97 Å². The Balaban J connectivity index is 4.76. The monoisotopic (exact) mass is 448 g/mol. The molecule has 0 aliphatic rings. The number of likely N-dealkylation sites (N-methyl/N-ethyl adjacent to an activating group) is 1. The van der Waals surface area contributed by atoms with E-state index in [-0.39, 0.29) is 25.3 Å². The molecule has 30 heavy (non-hydrogen) atoms. The maximum absolute atomic E-state index is 12.5. The normalized spacial score (nSPS) is 13.5. The minimum absolute atomic E-state index is 0.0333. The molecule has 0 unspecified atom stereocenters. The summed E-state index contributed by atoms with van der Waals surface area (Å²) in [5, 5.41) is 2.80. The van der Waals surface area contributed by atoms with Crippen LogP contribution in [0.1, 0.15) is 90.4 Å². The summed E-state index contributed by atoms with van der Waals surface area (Å²) in [5.41, 5.74) is 3.96. The summed E-state index contributed by atoms with van der Waals surface area (Å²) in [6.45, 7) is 2.40. The van der Waals surface area contributed by atoms with Crippen LogP contribution in [0.25, 0.3) is 0 Å². The molecule has 176 valence electrons. The van der Waals surface area contributed by atoms with Crippen molar-refractivity contribution in [1.82, 2.24) is 5.32 Å². The van der Waals surface area contributed by atoms with Crippen LogP contribution in [0.2, 0.25) is 0 Å². The van der Waals surface area contributed by atoms with Gasteiger partial charge in [0.2, 0.25) is 5.91 Å². The van der Waals surface area contributed by atoms with Gasteiger partial charge in [0.1, 0.15) is 17.4 Å². The molecular formula is C22H43ClN3O4+. The number of amides is 2.